The fourth-order valence-electron chi connectivity index (χ4n) is 3.56. The van der Waals surface area contributed by atoms with Gasteiger partial charge >= 0.3 is 18.3 Å². The van der Waals surface area contributed by atoms with E-state index in [2.05, 4.69) is 4.74 Å². The quantitative estimate of drug-likeness (QED) is 0.259. The van der Waals surface area contributed by atoms with Crippen LogP contribution in [0.1, 0.15) is 36.8 Å². The van der Waals surface area contributed by atoms with Gasteiger partial charge in [0, 0.05) is 23.0 Å². The van der Waals surface area contributed by atoms with Crippen LogP contribution >= 0.6 is 0 Å². The number of carbonyl (C=O) groups excluding carboxylic acids is 2. The number of alkyl halides is 3. The van der Waals surface area contributed by atoms with Crippen LogP contribution in [0, 0.1) is 5.92 Å². The highest BCUT2D eigenvalue weighted by atomic mass is 19.4. The minimum atomic E-state index is -4.67. The molecule has 0 aromatic heterocycles. The van der Waals surface area contributed by atoms with E-state index < -0.39 is 30.3 Å². The molecular formula is C24H25F3N2O5. The van der Waals surface area contributed by atoms with Gasteiger partial charge in [-0.1, -0.05) is 18.2 Å². The summed E-state index contributed by atoms with van der Waals surface area (Å²) in [5.74, 6) is -1.22. The highest BCUT2D eigenvalue weighted by molar-refractivity contribution is 5.87. The largest absolute Gasteiger partial charge is 0.522 e. The van der Waals surface area contributed by atoms with Crippen molar-refractivity contribution in [2.24, 2.45) is 5.92 Å². The van der Waals surface area contributed by atoms with Crippen molar-refractivity contribution in [3.63, 3.8) is 0 Å². The van der Waals surface area contributed by atoms with Gasteiger partial charge in [-0.3, -0.25) is 9.53 Å². The van der Waals surface area contributed by atoms with Gasteiger partial charge in [0.1, 0.15) is 12.4 Å². The lowest BCUT2D eigenvalue weighted by Crippen LogP contribution is -2.32. The van der Waals surface area contributed by atoms with Gasteiger partial charge < -0.3 is 20.9 Å². The van der Waals surface area contributed by atoms with E-state index in [9.17, 15) is 22.8 Å². The number of nitrogen functional groups attached to an aromatic ring is 2. The van der Waals surface area contributed by atoms with Gasteiger partial charge in [-0.25, -0.2) is 4.79 Å². The van der Waals surface area contributed by atoms with Gasteiger partial charge in [-0.2, -0.15) is 0 Å². The SMILES string of the molecule is Nc1ccc(COC(=O)/C=C/c2ccc(OC(=O)C3CCC(OC(F)(F)F)CC3)cc2)c(N)c1. The molecule has 0 unspecified atom stereocenters. The van der Waals surface area contributed by atoms with Crippen molar-refractivity contribution < 1.29 is 37.0 Å². The minimum Gasteiger partial charge on any atom is -0.458 e. The lowest BCUT2D eigenvalue weighted by Gasteiger charge is -2.27. The molecule has 0 heterocycles. The Balaban J connectivity index is 1.44. The molecule has 2 aromatic carbocycles. The second kappa shape index (κ2) is 11.1. The average Bonchev–Trinajstić information content (AvgIpc) is 2.77. The third-order valence-corrected chi connectivity index (χ3v) is 5.36. The Hall–Kier alpha value is -3.53. The Labute approximate surface area is 194 Å². The van der Waals surface area contributed by atoms with E-state index in [0.717, 1.165) is 0 Å². The van der Waals surface area contributed by atoms with Crippen molar-refractivity contribution >= 4 is 29.4 Å². The van der Waals surface area contributed by atoms with Gasteiger partial charge in [-0.05, 0) is 61.6 Å². The number of esters is 2. The molecule has 2 aromatic rings. The summed E-state index contributed by atoms with van der Waals surface area (Å²) in [6, 6.07) is 11.4. The number of rotatable bonds is 7. The molecule has 1 fully saturated rings. The fraction of sp³-hybridized carbons (Fsp3) is 0.333. The first kappa shape index (κ1) is 25.1. The van der Waals surface area contributed by atoms with Gasteiger partial charge in [0.15, 0.2) is 0 Å². The van der Waals surface area contributed by atoms with E-state index in [-0.39, 0.29) is 32.3 Å². The van der Waals surface area contributed by atoms with Gasteiger partial charge in [-0.15, -0.1) is 13.2 Å². The molecule has 0 radical (unpaired) electrons. The second-order valence-corrected chi connectivity index (χ2v) is 7.93. The first-order valence-electron chi connectivity index (χ1n) is 10.6. The standard InChI is InChI=1S/C24H25F3N2O5/c25-24(26,27)34-20-10-5-16(6-11-20)23(31)33-19-8-1-15(2-9-19)3-12-22(30)32-14-17-4-7-18(28)13-21(17)29/h1-4,7-9,12-13,16,20H,5-6,10-11,14,28-29H2/b12-3+. The smallest absolute Gasteiger partial charge is 0.458 e. The number of carbonyl (C=O) groups is 2. The Morgan fingerprint density at radius 1 is 1.00 bits per heavy atom. The van der Waals surface area contributed by atoms with Gasteiger partial charge in [0.2, 0.25) is 0 Å². The summed E-state index contributed by atoms with van der Waals surface area (Å²) in [7, 11) is 0. The molecule has 1 aliphatic rings. The molecule has 3 rings (SSSR count). The van der Waals surface area contributed by atoms with Crippen molar-refractivity contribution in [2.45, 2.75) is 44.8 Å². The van der Waals surface area contributed by atoms with Crippen molar-refractivity contribution in [3.8, 4) is 5.75 Å². The van der Waals surface area contributed by atoms with E-state index in [4.69, 9.17) is 20.9 Å². The van der Waals surface area contributed by atoms with Crippen LogP contribution in [0.4, 0.5) is 24.5 Å². The Morgan fingerprint density at radius 3 is 2.29 bits per heavy atom. The van der Waals surface area contributed by atoms with Crippen LogP contribution in [-0.4, -0.2) is 24.4 Å². The maximum Gasteiger partial charge on any atom is 0.522 e. The van der Waals surface area contributed by atoms with Gasteiger partial charge in [0.25, 0.3) is 0 Å². The van der Waals surface area contributed by atoms with Crippen molar-refractivity contribution in [1.82, 2.24) is 0 Å². The molecule has 0 saturated heterocycles. The molecule has 1 saturated carbocycles. The topological polar surface area (TPSA) is 114 Å². The van der Waals surface area contributed by atoms with E-state index in [1.54, 1.807) is 48.5 Å². The van der Waals surface area contributed by atoms with Crippen LogP contribution in [0.25, 0.3) is 6.08 Å². The molecule has 4 N–H and O–H groups in total. The highest BCUT2D eigenvalue weighted by Crippen LogP contribution is 2.31. The van der Waals surface area contributed by atoms with Crippen LogP contribution in [-0.2, 0) is 25.7 Å². The molecule has 0 atom stereocenters. The number of anilines is 2. The van der Waals surface area contributed by atoms with Crippen LogP contribution < -0.4 is 16.2 Å². The monoisotopic (exact) mass is 478 g/mol. The van der Waals surface area contributed by atoms with Crippen molar-refractivity contribution in [3.05, 3.63) is 59.7 Å². The Kier molecular flexibility index (Phi) is 8.17. The summed E-state index contributed by atoms with van der Waals surface area (Å²) in [6.45, 7) is 0.00835. The first-order chi connectivity index (χ1) is 16.1. The molecule has 0 amide bonds. The summed E-state index contributed by atoms with van der Waals surface area (Å²) in [4.78, 5) is 24.3. The van der Waals surface area contributed by atoms with Crippen molar-refractivity contribution in [2.75, 3.05) is 11.5 Å². The number of benzene rings is 2. The highest BCUT2D eigenvalue weighted by Gasteiger charge is 2.36. The van der Waals surface area contributed by atoms with Crippen LogP contribution in [0.3, 0.4) is 0 Å². The normalized spacial score (nSPS) is 18.6. The molecule has 1 aliphatic carbocycles. The van der Waals surface area contributed by atoms with Crippen LogP contribution in [0.15, 0.2) is 48.5 Å². The van der Waals surface area contributed by atoms with Crippen LogP contribution in [0.5, 0.6) is 5.75 Å². The number of ether oxygens (including phenoxy) is 3. The zero-order valence-corrected chi connectivity index (χ0v) is 18.2. The van der Waals surface area contributed by atoms with Crippen molar-refractivity contribution in [1.29, 1.82) is 0 Å². The molecule has 0 aliphatic heterocycles. The number of halogens is 3. The van der Waals surface area contributed by atoms with E-state index in [0.29, 0.717) is 28.3 Å². The summed E-state index contributed by atoms with van der Waals surface area (Å²) in [6.07, 6.45) is -1.97. The Bertz CT molecular complexity index is 1030. The number of hydrogen-bond acceptors (Lipinski definition) is 7. The summed E-state index contributed by atoms with van der Waals surface area (Å²) >= 11 is 0. The predicted octanol–water partition coefficient (Wildman–Crippen LogP) is 4.61. The second-order valence-electron chi connectivity index (χ2n) is 7.93. The predicted molar refractivity (Wildman–Crippen MR) is 119 cm³/mol. The lowest BCUT2D eigenvalue weighted by atomic mass is 9.87. The third-order valence-electron chi connectivity index (χ3n) is 5.36. The van der Waals surface area contributed by atoms with E-state index >= 15 is 0 Å². The zero-order valence-electron chi connectivity index (χ0n) is 18.2. The first-order valence-corrected chi connectivity index (χ1v) is 10.6. The molecule has 0 bridgehead atoms. The molecule has 0 spiro atoms. The molecule has 182 valence electrons. The van der Waals surface area contributed by atoms with Crippen LogP contribution in [0.2, 0.25) is 0 Å². The Morgan fingerprint density at radius 2 is 1.68 bits per heavy atom. The maximum atomic E-state index is 12.3. The van der Waals surface area contributed by atoms with E-state index in [1.165, 1.54) is 6.08 Å². The maximum absolute atomic E-state index is 12.3. The summed E-state index contributed by atoms with van der Waals surface area (Å²) < 4.78 is 51.4. The third kappa shape index (κ3) is 7.80. The van der Waals surface area contributed by atoms with Gasteiger partial charge in [0.05, 0.1) is 12.0 Å². The molecular weight excluding hydrogens is 453 g/mol. The lowest BCUT2D eigenvalue weighted by molar-refractivity contribution is -0.345. The zero-order chi connectivity index (χ0) is 24.7. The fourth-order valence-corrected chi connectivity index (χ4v) is 3.56. The number of hydrogen-bond donors (Lipinski definition) is 2. The molecule has 34 heavy (non-hydrogen) atoms. The summed E-state index contributed by atoms with van der Waals surface area (Å²) in [5.41, 5.74) is 13.7. The number of nitrogens with two attached hydrogens (primary N) is 2. The van der Waals surface area contributed by atoms with E-state index in [1.807, 2.05) is 0 Å². The average molecular weight is 478 g/mol. The molecule has 7 nitrogen and oxygen atoms in total. The minimum absolute atomic E-state index is 0.00835. The molecule has 10 heteroatoms. The summed E-state index contributed by atoms with van der Waals surface area (Å²) in [5, 5.41) is 0.